The number of aromatic nitrogens is 2. The molecule has 0 saturated carbocycles. The number of rotatable bonds is 5. The van der Waals surface area contributed by atoms with Crippen LogP contribution in [-0.4, -0.2) is 91.2 Å². The van der Waals surface area contributed by atoms with E-state index >= 15 is 0 Å². The molecule has 1 aromatic heterocycles. The van der Waals surface area contributed by atoms with Gasteiger partial charge in [-0.05, 0) is 50.6 Å². The summed E-state index contributed by atoms with van der Waals surface area (Å²) in [6.07, 6.45) is 2.98. The molecule has 2 aromatic carbocycles. The van der Waals surface area contributed by atoms with Crippen LogP contribution in [0.5, 0.6) is 11.5 Å². The molecule has 1 fully saturated rings. The van der Waals surface area contributed by atoms with Crippen molar-refractivity contribution in [3.05, 3.63) is 47.0 Å². The van der Waals surface area contributed by atoms with Gasteiger partial charge in [-0.1, -0.05) is 11.6 Å². The molecule has 3 aromatic rings. The number of likely N-dealkylation sites (N-methyl/N-ethyl adjacent to an activating group) is 1. The number of carbonyl (C=O) groups is 1. The van der Waals surface area contributed by atoms with Gasteiger partial charge in [-0.2, -0.15) is 0 Å². The molecule has 1 amide bonds. The molecule has 10 nitrogen and oxygen atoms in total. The molecule has 3 N–H and O–H groups in total. The second-order valence-corrected chi connectivity index (χ2v) is 10.9. The molecule has 1 atom stereocenters. The highest BCUT2D eigenvalue weighted by Gasteiger charge is 2.21. The molecule has 41 heavy (non-hydrogen) atoms. The zero-order valence-electron chi connectivity index (χ0n) is 23.5. The number of hydrogen-bond donors (Lipinski definition) is 3. The Kier molecular flexibility index (Phi) is 9.71. The van der Waals surface area contributed by atoms with Crippen LogP contribution < -0.4 is 25.4 Å². The Labute approximate surface area is 244 Å². The fourth-order valence-electron chi connectivity index (χ4n) is 4.98. The maximum Gasteiger partial charge on any atom is 0.237 e. The van der Waals surface area contributed by atoms with Crippen LogP contribution in [-0.2, 0) is 11.3 Å². The zero-order chi connectivity index (χ0) is 28.8. The molecule has 0 spiro atoms. The number of hydrogen-bond acceptors (Lipinski definition) is 9. The third-order valence-corrected chi connectivity index (χ3v) is 7.81. The van der Waals surface area contributed by atoms with Gasteiger partial charge in [0.25, 0.3) is 0 Å². The molecule has 3 heterocycles. The molecular formula is C29H37ClFN7O3. The Balaban J connectivity index is 1.45. The molecule has 2 aliphatic heterocycles. The van der Waals surface area contributed by atoms with E-state index in [2.05, 4.69) is 30.8 Å². The van der Waals surface area contributed by atoms with Crippen molar-refractivity contribution < 1.29 is 18.7 Å². The Morgan fingerprint density at radius 1 is 1.17 bits per heavy atom. The van der Waals surface area contributed by atoms with Crippen LogP contribution in [0.1, 0.15) is 25.3 Å². The summed E-state index contributed by atoms with van der Waals surface area (Å²) < 4.78 is 26.9. The van der Waals surface area contributed by atoms with Crippen LogP contribution in [0.3, 0.4) is 0 Å². The van der Waals surface area contributed by atoms with Crippen molar-refractivity contribution in [2.45, 2.75) is 32.4 Å². The van der Waals surface area contributed by atoms with Crippen LogP contribution in [0, 0.1) is 5.82 Å². The molecule has 1 saturated heterocycles. The molecule has 0 radical (unpaired) electrons. The molecule has 5 rings (SSSR count). The van der Waals surface area contributed by atoms with Gasteiger partial charge in [-0.15, -0.1) is 0 Å². The number of nitrogens with zero attached hydrogens (tertiary/aromatic N) is 4. The minimum atomic E-state index is -0.533. The third kappa shape index (κ3) is 7.34. The fraction of sp³-hybridized carbons (Fsp3) is 0.483. The van der Waals surface area contributed by atoms with E-state index in [1.807, 2.05) is 31.0 Å². The Hall–Kier alpha value is -3.25. The maximum absolute atomic E-state index is 14.5. The summed E-state index contributed by atoms with van der Waals surface area (Å²) in [4.78, 5) is 26.0. The zero-order valence-corrected chi connectivity index (χ0v) is 24.3. The Morgan fingerprint density at radius 3 is 2.83 bits per heavy atom. The number of anilines is 2. The van der Waals surface area contributed by atoms with Gasteiger partial charge in [0, 0.05) is 63.0 Å². The summed E-state index contributed by atoms with van der Waals surface area (Å²) >= 11 is 6.18. The molecule has 220 valence electrons. The molecule has 2 bridgehead atoms. The lowest BCUT2D eigenvalue weighted by molar-refractivity contribution is -0.125. The first-order valence-electron chi connectivity index (χ1n) is 14.1. The number of benzene rings is 2. The largest absolute Gasteiger partial charge is 0.490 e. The number of halogens is 2. The predicted molar refractivity (Wildman–Crippen MR) is 158 cm³/mol. The first kappa shape index (κ1) is 29.2. The van der Waals surface area contributed by atoms with Gasteiger partial charge in [0.15, 0.2) is 11.5 Å². The van der Waals surface area contributed by atoms with Crippen LogP contribution in [0.2, 0.25) is 5.02 Å². The minimum absolute atomic E-state index is 0.0158. The first-order valence-corrected chi connectivity index (χ1v) is 14.5. The molecular weight excluding hydrogens is 549 g/mol. The van der Waals surface area contributed by atoms with Crippen molar-refractivity contribution in [3.63, 3.8) is 0 Å². The predicted octanol–water partition coefficient (Wildman–Crippen LogP) is 3.56. The van der Waals surface area contributed by atoms with Gasteiger partial charge < -0.3 is 30.3 Å². The van der Waals surface area contributed by atoms with E-state index in [1.165, 1.54) is 18.5 Å². The van der Waals surface area contributed by atoms with E-state index in [9.17, 15) is 9.18 Å². The summed E-state index contributed by atoms with van der Waals surface area (Å²) in [7, 11) is 1.82. The highest BCUT2D eigenvalue weighted by atomic mass is 35.5. The van der Waals surface area contributed by atoms with E-state index in [4.69, 9.17) is 21.1 Å². The van der Waals surface area contributed by atoms with Crippen molar-refractivity contribution in [1.82, 2.24) is 30.4 Å². The molecule has 2 aliphatic rings. The number of ether oxygens (including phenoxy) is 2. The number of carbonyl (C=O) groups excluding carboxylic acids is 1. The minimum Gasteiger partial charge on any atom is -0.490 e. The van der Waals surface area contributed by atoms with E-state index < -0.39 is 11.9 Å². The van der Waals surface area contributed by atoms with Gasteiger partial charge in [-0.3, -0.25) is 9.69 Å². The van der Waals surface area contributed by atoms with Crippen molar-refractivity contribution in [3.8, 4) is 11.5 Å². The maximum atomic E-state index is 14.5. The topological polar surface area (TPSA) is 104 Å². The lowest BCUT2D eigenvalue weighted by Crippen LogP contribution is -2.43. The Morgan fingerprint density at radius 2 is 2.00 bits per heavy atom. The van der Waals surface area contributed by atoms with Gasteiger partial charge in [-0.25, -0.2) is 14.4 Å². The van der Waals surface area contributed by atoms with Gasteiger partial charge >= 0.3 is 0 Å². The molecule has 0 unspecified atom stereocenters. The SMILES string of the molecule is C[C@@H]1C(=O)NCCCOc2cc3c(ncnc3cc2OCCCN2CCNCC2)Nc2cc(Cl)c(F)cc2CN1C. The molecule has 12 heteroatoms. The lowest BCUT2D eigenvalue weighted by Gasteiger charge is -2.27. The van der Waals surface area contributed by atoms with Crippen LogP contribution in [0.25, 0.3) is 10.9 Å². The third-order valence-electron chi connectivity index (χ3n) is 7.52. The summed E-state index contributed by atoms with van der Waals surface area (Å²) in [6.45, 7) is 8.62. The van der Waals surface area contributed by atoms with E-state index in [-0.39, 0.29) is 10.9 Å². The molecule has 0 aliphatic carbocycles. The van der Waals surface area contributed by atoms with Crippen molar-refractivity contribution in [2.24, 2.45) is 0 Å². The van der Waals surface area contributed by atoms with Crippen LogP contribution in [0.4, 0.5) is 15.9 Å². The number of fused-ring (bicyclic) bond motifs is 2. The monoisotopic (exact) mass is 585 g/mol. The van der Waals surface area contributed by atoms with Crippen molar-refractivity contribution in [1.29, 1.82) is 0 Å². The normalized spacial score (nSPS) is 19.3. The van der Waals surface area contributed by atoms with E-state index in [1.54, 1.807) is 0 Å². The average molecular weight is 586 g/mol. The van der Waals surface area contributed by atoms with Gasteiger partial charge in [0.05, 0.1) is 29.8 Å². The van der Waals surface area contributed by atoms with Gasteiger partial charge in [0.2, 0.25) is 5.91 Å². The summed E-state index contributed by atoms with van der Waals surface area (Å²) in [5, 5.41) is 10.4. The summed E-state index contributed by atoms with van der Waals surface area (Å²) in [5.74, 6) is 1.05. The first-order chi connectivity index (χ1) is 19.9. The van der Waals surface area contributed by atoms with Crippen LogP contribution >= 0.6 is 11.6 Å². The standard InChI is InChI=1S/C29H37ClFN7O3/c1-19-29(39)33-5-3-11-40-26-14-21-25(16-27(26)41-12-4-8-38-9-6-32-7-10-38)34-18-35-28(21)36-24-15-22(30)23(31)13-20(24)17-37(19)2/h13-16,18-19,32H,3-12,17H2,1-2H3,(H,33,39)(H,34,35,36)/t19-/m1/s1. The summed E-state index contributed by atoms with van der Waals surface area (Å²) in [5.41, 5.74) is 1.90. The second kappa shape index (κ2) is 13.6. The van der Waals surface area contributed by atoms with Crippen molar-refractivity contribution >= 4 is 39.9 Å². The van der Waals surface area contributed by atoms with E-state index in [0.29, 0.717) is 66.8 Å². The average Bonchev–Trinajstić information content (AvgIpc) is 2.97. The smallest absolute Gasteiger partial charge is 0.237 e. The number of nitrogens with one attached hydrogen (secondary N) is 3. The highest BCUT2D eigenvalue weighted by molar-refractivity contribution is 6.31. The number of amides is 1. The van der Waals surface area contributed by atoms with Crippen molar-refractivity contribution in [2.75, 3.05) is 64.8 Å². The number of piperazine rings is 1. The fourth-order valence-corrected chi connectivity index (χ4v) is 5.14. The lowest BCUT2D eigenvalue weighted by atomic mass is 10.1. The van der Waals surface area contributed by atoms with E-state index in [0.717, 1.165) is 44.5 Å². The Bertz CT molecular complexity index is 1370. The quantitative estimate of drug-likeness (QED) is 0.388. The summed E-state index contributed by atoms with van der Waals surface area (Å²) in [6, 6.07) is 6.22. The van der Waals surface area contributed by atoms with Gasteiger partial charge in [0.1, 0.15) is 18.0 Å². The van der Waals surface area contributed by atoms with Crippen LogP contribution in [0.15, 0.2) is 30.6 Å². The second-order valence-electron chi connectivity index (χ2n) is 10.5. The highest BCUT2D eigenvalue weighted by Crippen LogP contribution is 2.36.